The first-order chi connectivity index (χ1) is 5.27. The first-order valence-electron chi connectivity index (χ1n) is 2.95. The van der Waals surface area contributed by atoms with Crippen molar-refractivity contribution in [3.63, 3.8) is 0 Å². The summed E-state index contributed by atoms with van der Waals surface area (Å²) < 4.78 is 2.72. The van der Waals surface area contributed by atoms with Gasteiger partial charge in [0, 0.05) is 15.8 Å². The van der Waals surface area contributed by atoms with Crippen molar-refractivity contribution in [3.05, 3.63) is 22.8 Å². The minimum absolute atomic E-state index is 0.487. The van der Waals surface area contributed by atoms with Gasteiger partial charge < -0.3 is 17.0 Å². The zero-order chi connectivity index (χ0) is 7.84. The molecular formula is C6H3BrN3S-. The van der Waals surface area contributed by atoms with Crippen molar-refractivity contribution in [1.29, 1.82) is 0 Å². The molecule has 0 radical (unpaired) electrons. The Morgan fingerprint density at radius 1 is 1.36 bits per heavy atom. The Labute approximate surface area is 77.0 Å². The molecule has 0 aliphatic rings. The average molecular weight is 229 g/mol. The Hall–Kier alpha value is -0.680. The zero-order valence-corrected chi connectivity index (χ0v) is 7.76. The molecule has 0 saturated heterocycles. The predicted molar refractivity (Wildman–Crippen MR) is 46.3 cm³/mol. The van der Waals surface area contributed by atoms with Gasteiger partial charge in [0.05, 0.1) is 0 Å². The first kappa shape index (κ1) is 7.00. The fourth-order valence-electron chi connectivity index (χ4n) is 0.844. The van der Waals surface area contributed by atoms with Gasteiger partial charge >= 0.3 is 0 Å². The van der Waals surface area contributed by atoms with Crippen LogP contribution in [0.15, 0.2) is 28.0 Å². The molecule has 3 nitrogen and oxygen atoms in total. The van der Waals surface area contributed by atoms with E-state index in [0.29, 0.717) is 5.16 Å². The highest BCUT2D eigenvalue weighted by atomic mass is 79.9. The third-order valence-corrected chi connectivity index (χ3v) is 2.08. The van der Waals surface area contributed by atoms with E-state index in [9.17, 15) is 0 Å². The van der Waals surface area contributed by atoms with Crippen molar-refractivity contribution in [2.45, 2.75) is 5.16 Å². The molecule has 5 heteroatoms. The molecule has 0 aromatic carbocycles. The van der Waals surface area contributed by atoms with Crippen LogP contribution in [0, 0.1) is 0 Å². The standard InChI is InChI=1S/C6H4BrN3S/c7-4-1-2-5-8-9-6(11)10(5)3-4/h1-3H,(H,9,11)/p-1. The quantitative estimate of drug-likeness (QED) is 0.639. The lowest BCUT2D eigenvalue weighted by Gasteiger charge is -2.00. The summed E-state index contributed by atoms with van der Waals surface area (Å²) in [5.74, 6) is 0. The molecule has 0 atom stereocenters. The number of aromatic nitrogens is 3. The van der Waals surface area contributed by atoms with Gasteiger partial charge in [0.15, 0.2) is 5.65 Å². The minimum atomic E-state index is 0.487. The van der Waals surface area contributed by atoms with E-state index in [-0.39, 0.29) is 0 Å². The fourth-order valence-corrected chi connectivity index (χ4v) is 1.37. The number of nitrogens with zero attached hydrogens (tertiary/aromatic N) is 3. The maximum atomic E-state index is 4.92. The summed E-state index contributed by atoms with van der Waals surface area (Å²) in [5, 5.41) is 8.08. The van der Waals surface area contributed by atoms with Crippen LogP contribution in [-0.4, -0.2) is 14.6 Å². The summed E-state index contributed by atoms with van der Waals surface area (Å²) >= 11 is 8.24. The van der Waals surface area contributed by atoms with Crippen LogP contribution in [-0.2, 0) is 12.6 Å². The van der Waals surface area contributed by atoms with Crippen LogP contribution < -0.4 is 0 Å². The molecule has 0 bridgehead atoms. The second kappa shape index (κ2) is 2.42. The molecule has 0 saturated carbocycles. The molecule has 11 heavy (non-hydrogen) atoms. The Morgan fingerprint density at radius 3 is 3.00 bits per heavy atom. The van der Waals surface area contributed by atoms with Gasteiger partial charge in [0.1, 0.15) is 0 Å². The van der Waals surface area contributed by atoms with Crippen LogP contribution in [0.25, 0.3) is 5.65 Å². The SMILES string of the molecule is [S-]c1nnc2ccc(Br)cn12. The van der Waals surface area contributed by atoms with Gasteiger partial charge in [-0.05, 0) is 28.1 Å². The first-order valence-corrected chi connectivity index (χ1v) is 4.15. The van der Waals surface area contributed by atoms with E-state index in [0.717, 1.165) is 10.1 Å². The number of pyridine rings is 1. The van der Waals surface area contributed by atoms with Gasteiger partial charge in [-0.2, -0.15) is 5.10 Å². The molecule has 2 rings (SSSR count). The maximum absolute atomic E-state index is 4.92. The number of halogens is 1. The van der Waals surface area contributed by atoms with E-state index in [2.05, 4.69) is 26.1 Å². The highest BCUT2D eigenvalue weighted by molar-refractivity contribution is 9.10. The van der Waals surface area contributed by atoms with Crippen LogP contribution in [0.2, 0.25) is 0 Å². The number of fused-ring (bicyclic) bond motifs is 1. The highest BCUT2D eigenvalue weighted by Gasteiger charge is 1.94. The average Bonchev–Trinajstić information content (AvgIpc) is 2.33. The van der Waals surface area contributed by atoms with Crippen molar-refractivity contribution in [1.82, 2.24) is 14.6 Å². The van der Waals surface area contributed by atoms with Crippen LogP contribution >= 0.6 is 15.9 Å². The smallest absolute Gasteiger partial charge is 0.159 e. The fraction of sp³-hybridized carbons (Fsp3) is 0. The van der Waals surface area contributed by atoms with E-state index in [1.54, 1.807) is 4.40 Å². The molecular weight excluding hydrogens is 226 g/mol. The van der Waals surface area contributed by atoms with Gasteiger partial charge in [0.2, 0.25) is 0 Å². The van der Waals surface area contributed by atoms with Crippen LogP contribution in [0.1, 0.15) is 0 Å². The van der Waals surface area contributed by atoms with E-state index in [1.165, 1.54) is 0 Å². The summed E-state index contributed by atoms with van der Waals surface area (Å²) in [7, 11) is 0. The van der Waals surface area contributed by atoms with Crippen molar-refractivity contribution in [2.75, 3.05) is 0 Å². The van der Waals surface area contributed by atoms with Gasteiger partial charge in [-0.3, -0.25) is 0 Å². The summed E-state index contributed by atoms with van der Waals surface area (Å²) in [6, 6.07) is 3.76. The molecule has 2 aromatic heterocycles. The van der Waals surface area contributed by atoms with E-state index >= 15 is 0 Å². The monoisotopic (exact) mass is 228 g/mol. The lowest BCUT2D eigenvalue weighted by atomic mass is 10.5. The predicted octanol–water partition coefficient (Wildman–Crippen LogP) is 1.40. The van der Waals surface area contributed by atoms with E-state index < -0.39 is 0 Å². The van der Waals surface area contributed by atoms with Gasteiger partial charge in [0.25, 0.3) is 0 Å². The molecule has 0 spiro atoms. The van der Waals surface area contributed by atoms with Gasteiger partial charge in [-0.25, -0.2) is 0 Å². The topological polar surface area (TPSA) is 30.2 Å². The maximum Gasteiger partial charge on any atom is 0.159 e. The van der Waals surface area contributed by atoms with Crippen molar-refractivity contribution in [3.8, 4) is 0 Å². The molecule has 2 aromatic rings. The zero-order valence-electron chi connectivity index (χ0n) is 5.36. The third kappa shape index (κ3) is 1.10. The normalized spacial score (nSPS) is 10.6. The Morgan fingerprint density at radius 2 is 2.18 bits per heavy atom. The molecule has 0 aliphatic carbocycles. The number of hydrogen-bond acceptors (Lipinski definition) is 3. The lowest BCUT2D eigenvalue weighted by Crippen LogP contribution is -1.85. The van der Waals surface area contributed by atoms with Crippen LogP contribution in [0.3, 0.4) is 0 Å². The Balaban J connectivity index is 2.87. The summed E-state index contributed by atoms with van der Waals surface area (Å²) in [4.78, 5) is 0. The molecule has 0 fully saturated rings. The summed E-state index contributed by atoms with van der Waals surface area (Å²) in [6.07, 6.45) is 1.84. The lowest BCUT2D eigenvalue weighted by molar-refractivity contribution is 0.924. The third-order valence-electron chi connectivity index (χ3n) is 1.33. The van der Waals surface area contributed by atoms with Crippen molar-refractivity contribution >= 4 is 34.2 Å². The summed E-state index contributed by atoms with van der Waals surface area (Å²) in [6.45, 7) is 0. The largest absolute Gasteiger partial charge is 0.740 e. The van der Waals surface area contributed by atoms with Crippen LogP contribution in [0.5, 0.6) is 0 Å². The Bertz CT molecular complexity index is 398. The second-order valence-electron chi connectivity index (χ2n) is 2.06. The number of hydrogen-bond donors (Lipinski definition) is 0. The van der Waals surface area contributed by atoms with Crippen molar-refractivity contribution in [2.24, 2.45) is 0 Å². The Kier molecular flexibility index (Phi) is 1.54. The van der Waals surface area contributed by atoms with E-state index in [4.69, 9.17) is 12.6 Å². The number of rotatable bonds is 0. The molecule has 56 valence electrons. The second-order valence-corrected chi connectivity index (χ2v) is 3.34. The highest BCUT2D eigenvalue weighted by Crippen LogP contribution is 2.11. The van der Waals surface area contributed by atoms with Crippen LogP contribution in [0.4, 0.5) is 0 Å². The van der Waals surface area contributed by atoms with E-state index in [1.807, 2.05) is 18.3 Å². The van der Waals surface area contributed by atoms with Gasteiger partial charge in [-0.1, -0.05) is 0 Å². The molecule has 0 unspecified atom stereocenters. The molecule has 0 N–H and O–H groups in total. The summed E-state index contributed by atoms with van der Waals surface area (Å²) in [5.41, 5.74) is 0.776. The van der Waals surface area contributed by atoms with Gasteiger partial charge in [-0.15, -0.1) is 5.10 Å². The molecule has 0 aliphatic heterocycles. The van der Waals surface area contributed by atoms with Crippen molar-refractivity contribution < 1.29 is 0 Å². The minimum Gasteiger partial charge on any atom is -0.740 e. The molecule has 2 heterocycles. The molecule has 0 amide bonds.